The van der Waals surface area contributed by atoms with E-state index in [-0.39, 0.29) is 45.1 Å². The lowest BCUT2D eigenvalue weighted by atomic mass is 10.1. The van der Waals surface area contributed by atoms with Crippen molar-refractivity contribution in [2.45, 2.75) is 25.9 Å². The van der Waals surface area contributed by atoms with Gasteiger partial charge in [0.1, 0.15) is 18.8 Å². The Labute approximate surface area is 270 Å². The van der Waals surface area contributed by atoms with Gasteiger partial charge in [0.2, 0.25) is 11.8 Å². The predicted molar refractivity (Wildman–Crippen MR) is 159 cm³/mol. The largest absolute Gasteiger partial charge is 0.468 e. The van der Waals surface area contributed by atoms with Gasteiger partial charge in [-0.3, -0.25) is 9.69 Å². The third-order valence-corrected chi connectivity index (χ3v) is 7.22. The molecule has 2 aromatic heterocycles. The van der Waals surface area contributed by atoms with Gasteiger partial charge < -0.3 is 14.8 Å². The topological polar surface area (TPSA) is 124 Å². The highest BCUT2D eigenvalue weighted by molar-refractivity contribution is 8.15. The first-order valence-electron chi connectivity index (χ1n) is 13.6. The molecule has 1 saturated heterocycles. The summed E-state index contributed by atoms with van der Waals surface area (Å²) in [5.74, 6) is -1.62. The number of hydrogen-bond acceptors (Lipinski definition) is 8. The van der Waals surface area contributed by atoms with E-state index in [2.05, 4.69) is 30.1 Å². The normalized spacial score (nSPS) is 14.5. The van der Waals surface area contributed by atoms with Crippen LogP contribution in [-0.4, -0.2) is 68.2 Å². The summed E-state index contributed by atoms with van der Waals surface area (Å²) in [7, 11) is 0. The minimum Gasteiger partial charge on any atom is -0.468 e. The van der Waals surface area contributed by atoms with Crippen molar-refractivity contribution in [2.75, 3.05) is 29.2 Å². The van der Waals surface area contributed by atoms with Crippen molar-refractivity contribution in [2.24, 2.45) is 4.99 Å². The summed E-state index contributed by atoms with van der Waals surface area (Å²) in [6.07, 6.45) is -6.58. The molecule has 1 aliphatic rings. The average Bonchev–Trinajstić information content (AvgIpc) is 3.64. The number of rotatable bonds is 9. The van der Waals surface area contributed by atoms with Gasteiger partial charge in [-0.05, 0) is 42.8 Å². The van der Waals surface area contributed by atoms with E-state index in [1.54, 1.807) is 19.1 Å². The van der Waals surface area contributed by atoms with Gasteiger partial charge in [0.05, 0.1) is 35.6 Å². The van der Waals surface area contributed by atoms with Gasteiger partial charge in [-0.2, -0.15) is 31.3 Å². The number of amides is 3. The molecule has 19 heteroatoms. The number of alkyl halides is 6. The monoisotopic (exact) mass is 697 g/mol. The quantitative estimate of drug-likeness (QED) is 0.198. The van der Waals surface area contributed by atoms with Gasteiger partial charge in [0, 0.05) is 17.2 Å². The third kappa shape index (κ3) is 8.85. The number of aryl methyl sites for hydroxylation is 1. The van der Waals surface area contributed by atoms with Gasteiger partial charge in [0.15, 0.2) is 17.6 Å². The molecular formula is C29H22F7N7O4S. The number of hydrogen-bond donors (Lipinski definition) is 1. The number of carbonyl (C=O) groups is 2. The van der Waals surface area contributed by atoms with Crippen LogP contribution in [0.2, 0.25) is 0 Å². The lowest BCUT2D eigenvalue weighted by molar-refractivity contribution is -0.176. The number of anilines is 2. The molecule has 3 heterocycles. The number of benzene rings is 2. The molecule has 1 aliphatic heterocycles. The Morgan fingerprint density at radius 1 is 1.02 bits per heavy atom. The molecule has 0 bridgehead atoms. The number of ether oxygens (including phenoxy) is 2. The zero-order chi connectivity index (χ0) is 34.6. The van der Waals surface area contributed by atoms with Crippen molar-refractivity contribution in [3.63, 3.8) is 0 Å². The van der Waals surface area contributed by atoms with Crippen LogP contribution in [0.5, 0.6) is 5.88 Å². The number of thioether (sulfide) groups is 1. The van der Waals surface area contributed by atoms with Crippen LogP contribution in [0.3, 0.4) is 0 Å². The van der Waals surface area contributed by atoms with Crippen LogP contribution < -0.4 is 15.0 Å². The number of urea groups is 1. The lowest BCUT2D eigenvalue weighted by Gasteiger charge is -2.21. The molecule has 1 fully saturated rings. The molecule has 1 N–H and O–H groups in total. The van der Waals surface area contributed by atoms with Crippen LogP contribution in [-0.2, 0) is 16.1 Å². The summed E-state index contributed by atoms with van der Waals surface area (Å²) < 4.78 is 101. The molecule has 0 saturated carbocycles. The maximum atomic E-state index is 15.1. The van der Waals surface area contributed by atoms with E-state index in [1.165, 1.54) is 47.5 Å². The van der Waals surface area contributed by atoms with Crippen molar-refractivity contribution < 1.29 is 49.8 Å². The molecule has 48 heavy (non-hydrogen) atoms. The number of aromatic nitrogens is 4. The maximum absolute atomic E-state index is 15.1. The van der Waals surface area contributed by atoms with E-state index in [4.69, 9.17) is 4.74 Å². The fourth-order valence-corrected chi connectivity index (χ4v) is 5.08. The van der Waals surface area contributed by atoms with Crippen LogP contribution in [0.1, 0.15) is 11.1 Å². The number of nitrogens with zero attached hydrogens (tertiary/aromatic N) is 6. The van der Waals surface area contributed by atoms with E-state index in [0.717, 1.165) is 22.7 Å². The molecule has 11 nitrogen and oxygen atoms in total. The van der Waals surface area contributed by atoms with Gasteiger partial charge in [-0.1, -0.05) is 23.9 Å². The van der Waals surface area contributed by atoms with Gasteiger partial charge in [0.25, 0.3) is 0 Å². The molecule has 4 aromatic rings. The fourth-order valence-electron chi connectivity index (χ4n) is 4.22. The number of amidine groups is 1. The summed E-state index contributed by atoms with van der Waals surface area (Å²) in [5, 5.41) is 6.45. The third-order valence-electron chi connectivity index (χ3n) is 6.30. The number of carbonyl (C=O) groups excluding carboxylic acids is 2. The number of pyridine rings is 1. The smallest absolute Gasteiger partial charge is 0.422 e. The Morgan fingerprint density at radius 3 is 2.48 bits per heavy atom. The number of halogens is 7. The first-order valence-corrected chi connectivity index (χ1v) is 14.6. The maximum Gasteiger partial charge on any atom is 0.422 e. The second-order valence-corrected chi connectivity index (χ2v) is 11.0. The molecule has 252 valence electrons. The SMILES string of the molecule is Cc1ccc(COCC(F)(F)F)c(N2C(=O)CS/C2=N\C(=O)Nc2ccc(-c3ncn(-c4ccc(OCC(F)(F)F)nc4)n3)cc2F)c1. The minimum absolute atomic E-state index is 0.0682. The second kappa shape index (κ2) is 14.0. The Balaban J connectivity index is 1.27. The lowest BCUT2D eigenvalue weighted by Crippen LogP contribution is -2.31. The summed E-state index contributed by atoms with van der Waals surface area (Å²) in [6, 6.07) is 9.99. The average molecular weight is 698 g/mol. The van der Waals surface area contributed by atoms with Crippen LogP contribution >= 0.6 is 11.8 Å². The van der Waals surface area contributed by atoms with Crippen LogP contribution in [0.15, 0.2) is 66.0 Å². The van der Waals surface area contributed by atoms with Gasteiger partial charge >= 0.3 is 18.4 Å². The molecular weight excluding hydrogens is 675 g/mol. The Kier molecular flexibility index (Phi) is 9.99. The van der Waals surface area contributed by atoms with E-state index < -0.39 is 49.9 Å². The molecule has 0 unspecified atom stereocenters. The molecule has 0 spiro atoms. The Morgan fingerprint density at radius 2 is 1.79 bits per heavy atom. The molecule has 2 aromatic carbocycles. The Bertz CT molecular complexity index is 1850. The highest BCUT2D eigenvalue weighted by Crippen LogP contribution is 2.32. The van der Waals surface area contributed by atoms with Gasteiger partial charge in [-0.25, -0.2) is 23.8 Å². The first-order chi connectivity index (χ1) is 22.6. The van der Waals surface area contributed by atoms with Gasteiger partial charge in [-0.15, -0.1) is 5.10 Å². The zero-order valence-electron chi connectivity index (χ0n) is 24.5. The summed E-state index contributed by atoms with van der Waals surface area (Å²) >= 11 is 0.919. The Hall–Kier alpha value is -5.04. The fraction of sp³-hybridized carbons (Fsp3) is 0.241. The summed E-state index contributed by atoms with van der Waals surface area (Å²) in [5.41, 5.74) is 1.43. The van der Waals surface area contributed by atoms with Crippen molar-refractivity contribution in [3.05, 3.63) is 78.0 Å². The van der Waals surface area contributed by atoms with E-state index in [1.807, 2.05) is 0 Å². The van der Waals surface area contributed by atoms with Crippen molar-refractivity contribution >= 4 is 40.2 Å². The standard InChI is InChI=1S/C29H22F7N7O4S/c1-16-2-3-18(11-46-13-28(31,32)33)22(8-16)43-24(44)12-48-27(43)40-26(45)39-21-6-4-17(9-20(21)30)25-38-15-42(41-25)19-5-7-23(37-10-19)47-14-29(34,35)36/h2-10,15H,11-14H2,1H3,(H,39,45)/b40-27-. The molecule has 3 amide bonds. The molecule has 0 aliphatic carbocycles. The number of aliphatic imine (C=N–C) groups is 1. The van der Waals surface area contributed by atoms with Crippen LogP contribution in [0.4, 0.5) is 46.9 Å². The first kappa shape index (κ1) is 34.3. The van der Waals surface area contributed by atoms with Crippen molar-refractivity contribution in [3.8, 4) is 23.0 Å². The molecule has 0 radical (unpaired) electrons. The highest BCUT2D eigenvalue weighted by Gasteiger charge is 2.33. The highest BCUT2D eigenvalue weighted by atomic mass is 32.2. The summed E-state index contributed by atoms with van der Waals surface area (Å²) in [4.78, 5) is 38.5. The number of nitrogens with one attached hydrogen (secondary N) is 1. The zero-order valence-corrected chi connectivity index (χ0v) is 25.3. The van der Waals surface area contributed by atoms with E-state index in [0.29, 0.717) is 11.3 Å². The van der Waals surface area contributed by atoms with Crippen LogP contribution in [0.25, 0.3) is 17.1 Å². The minimum atomic E-state index is -4.55. The van der Waals surface area contributed by atoms with E-state index in [9.17, 15) is 35.9 Å². The predicted octanol–water partition coefficient (Wildman–Crippen LogP) is 6.46. The van der Waals surface area contributed by atoms with Crippen molar-refractivity contribution in [1.82, 2.24) is 19.7 Å². The second-order valence-electron chi connectivity index (χ2n) is 10.0. The van der Waals surface area contributed by atoms with Crippen LogP contribution in [0, 0.1) is 12.7 Å². The van der Waals surface area contributed by atoms with Crippen molar-refractivity contribution in [1.29, 1.82) is 0 Å². The van der Waals surface area contributed by atoms with E-state index >= 15 is 4.39 Å². The molecule has 5 rings (SSSR count). The summed E-state index contributed by atoms with van der Waals surface area (Å²) in [6.45, 7) is -1.74. The molecule has 0 atom stereocenters.